The van der Waals surface area contributed by atoms with Crippen molar-refractivity contribution in [2.75, 3.05) is 39.6 Å². The van der Waals surface area contributed by atoms with Gasteiger partial charge in [0.05, 0.1) is 26.4 Å². The van der Waals surface area contributed by atoms with E-state index in [9.17, 15) is 43.2 Å². The van der Waals surface area contributed by atoms with Crippen LogP contribution in [0, 0.1) is 5.92 Å². The largest absolute Gasteiger partial charge is 0.472 e. The highest BCUT2D eigenvalue weighted by molar-refractivity contribution is 7.47. The van der Waals surface area contributed by atoms with E-state index in [0.29, 0.717) is 31.6 Å². The molecule has 17 nitrogen and oxygen atoms in total. The maximum atomic E-state index is 13.0. The Balaban J connectivity index is 5.32. The van der Waals surface area contributed by atoms with Crippen LogP contribution in [0.25, 0.3) is 0 Å². The zero-order valence-corrected chi connectivity index (χ0v) is 59.7. The van der Waals surface area contributed by atoms with Gasteiger partial charge in [-0.15, -0.1) is 0 Å². The lowest BCUT2D eigenvalue weighted by atomic mass is 10.0. The Bertz CT molecular complexity index is 1940. The Morgan fingerprint density at radius 2 is 0.593 bits per heavy atom. The van der Waals surface area contributed by atoms with Gasteiger partial charge in [0.25, 0.3) is 0 Å². The maximum absolute atomic E-state index is 13.0. The number of unbranched alkanes of at least 4 members (excludes halogenated alkanes) is 34. The first-order valence-electron chi connectivity index (χ1n) is 36.3. The Kier molecular flexibility index (Phi) is 62.3. The number of rotatable bonds is 68. The number of phosphoric acid groups is 2. The lowest BCUT2D eigenvalue weighted by molar-refractivity contribution is -0.161. The number of carbonyl (C=O) groups is 4. The number of ether oxygens (including phenoxy) is 4. The summed E-state index contributed by atoms with van der Waals surface area (Å²) in [5.41, 5.74) is 0. The van der Waals surface area contributed by atoms with E-state index in [1.54, 1.807) is 0 Å². The Labute approximate surface area is 553 Å². The molecule has 0 aromatic heterocycles. The van der Waals surface area contributed by atoms with Crippen molar-refractivity contribution in [3.05, 3.63) is 48.6 Å². The Morgan fingerprint density at radius 1 is 0.341 bits per heavy atom. The van der Waals surface area contributed by atoms with Gasteiger partial charge in [-0.05, 0) is 83.0 Å². The number of aliphatic hydroxyl groups is 1. The molecule has 0 aliphatic heterocycles. The van der Waals surface area contributed by atoms with Crippen molar-refractivity contribution in [3.8, 4) is 0 Å². The summed E-state index contributed by atoms with van der Waals surface area (Å²) in [6.07, 6.45) is 57.1. The van der Waals surface area contributed by atoms with Crippen LogP contribution >= 0.6 is 15.6 Å². The van der Waals surface area contributed by atoms with Crippen molar-refractivity contribution >= 4 is 39.5 Å². The first kappa shape index (κ1) is 88.0. The number of aliphatic hydroxyl groups excluding tert-OH is 1. The number of phosphoric ester groups is 2. The summed E-state index contributed by atoms with van der Waals surface area (Å²) in [5.74, 6) is -1.48. The van der Waals surface area contributed by atoms with Crippen LogP contribution in [0.1, 0.15) is 324 Å². The molecule has 0 aliphatic rings. The normalized spacial score (nSPS) is 14.4. The molecule has 0 spiro atoms. The predicted octanol–water partition coefficient (Wildman–Crippen LogP) is 20.0. The van der Waals surface area contributed by atoms with Gasteiger partial charge in [0, 0.05) is 25.7 Å². The molecule has 5 atom stereocenters. The molecule has 3 N–H and O–H groups in total. The number of allylic oxidation sites excluding steroid dienone is 8. The summed E-state index contributed by atoms with van der Waals surface area (Å²) in [6, 6.07) is 0. The summed E-state index contributed by atoms with van der Waals surface area (Å²) in [7, 11) is -9.93. The van der Waals surface area contributed by atoms with E-state index in [1.807, 2.05) is 0 Å². The molecule has 0 aromatic carbocycles. The molecule has 2 unspecified atom stereocenters. The van der Waals surface area contributed by atoms with Crippen LogP contribution in [-0.4, -0.2) is 96.7 Å². The van der Waals surface area contributed by atoms with Gasteiger partial charge >= 0.3 is 39.5 Å². The average molecular weight is 1330 g/mol. The molecule has 0 saturated heterocycles. The fourth-order valence-corrected chi connectivity index (χ4v) is 11.5. The molecule has 0 aliphatic carbocycles. The standard InChI is InChI=1S/C72H132O17P2/c1-6-9-12-15-18-21-24-26-28-30-33-35-40-45-50-55-69(74)82-61-67(88-72(77)58-53-48-42-37-34-31-29-27-25-22-19-16-13-10-7-2)63-86-90(78,79)84-59-66(73)60-85-91(80,81)87-64-68(62-83-70(75)56-51-46-43-38-39-44-49-54-65(4)5)89-71(76)57-52-47-41-36-32-23-20-17-14-11-8-3/h21-22,24-29,65-68,73H,6-20,23,30-64H2,1-5H3,(H,78,79)(H,80,81)/b24-21-,25-22-,28-26-,29-27-/t66-,67-,68-/m1/s1. The highest BCUT2D eigenvalue weighted by Crippen LogP contribution is 2.45. The van der Waals surface area contributed by atoms with Crippen LogP contribution in [0.2, 0.25) is 0 Å². The van der Waals surface area contributed by atoms with E-state index in [4.69, 9.17) is 37.0 Å². The molecule has 0 rings (SSSR count). The molecule has 0 amide bonds. The van der Waals surface area contributed by atoms with E-state index in [1.165, 1.54) is 109 Å². The summed E-state index contributed by atoms with van der Waals surface area (Å²) in [5, 5.41) is 10.6. The fraction of sp³-hybridized carbons (Fsp3) is 0.833. The van der Waals surface area contributed by atoms with Crippen LogP contribution < -0.4 is 0 Å². The van der Waals surface area contributed by atoms with Crippen molar-refractivity contribution in [3.63, 3.8) is 0 Å². The number of carbonyl (C=O) groups excluding carboxylic acids is 4. The zero-order valence-electron chi connectivity index (χ0n) is 57.9. The lowest BCUT2D eigenvalue weighted by Gasteiger charge is -2.21. The van der Waals surface area contributed by atoms with Crippen molar-refractivity contribution in [2.45, 2.75) is 342 Å². The third-order valence-corrected chi connectivity index (χ3v) is 17.4. The number of hydrogen-bond donors (Lipinski definition) is 3. The SMILES string of the molecule is CCCCCC/C=C\C=C/CCCCCCCC(=O)OC[C@H](COP(=O)(O)OC[C@@H](O)COP(=O)(O)OC[C@@H](COC(=O)CCCCCCCCCC(C)C)OC(=O)CCCCCCCCCCCCC)OC(=O)CCCCCCC/C=C\C=C/CCCCCC. The van der Waals surface area contributed by atoms with E-state index in [-0.39, 0.29) is 25.7 Å². The van der Waals surface area contributed by atoms with Crippen molar-refractivity contribution < 1.29 is 80.2 Å². The topological polar surface area (TPSA) is 237 Å². The molecule has 0 aromatic rings. The van der Waals surface area contributed by atoms with Crippen LogP contribution in [0.15, 0.2) is 48.6 Å². The van der Waals surface area contributed by atoms with E-state index in [0.717, 1.165) is 128 Å². The van der Waals surface area contributed by atoms with Gasteiger partial charge in [-0.3, -0.25) is 37.3 Å². The van der Waals surface area contributed by atoms with Crippen LogP contribution in [0.4, 0.5) is 0 Å². The molecule has 0 saturated carbocycles. The number of esters is 4. The smallest absolute Gasteiger partial charge is 0.462 e. The third kappa shape index (κ3) is 65.5. The minimum Gasteiger partial charge on any atom is -0.462 e. The van der Waals surface area contributed by atoms with Gasteiger partial charge in [0.15, 0.2) is 12.2 Å². The second-order valence-electron chi connectivity index (χ2n) is 25.1. The number of hydrogen-bond acceptors (Lipinski definition) is 15. The van der Waals surface area contributed by atoms with Crippen LogP contribution in [0.3, 0.4) is 0 Å². The second kappa shape index (κ2) is 64.4. The fourth-order valence-electron chi connectivity index (χ4n) is 9.92. The lowest BCUT2D eigenvalue weighted by Crippen LogP contribution is -2.30. The average Bonchev–Trinajstić information content (AvgIpc) is 3.63. The van der Waals surface area contributed by atoms with Gasteiger partial charge in [0.1, 0.15) is 19.3 Å². The van der Waals surface area contributed by atoms with Crippen molar-refractivity contribution in [1.29, 1.82) is 0 Å². The Hall–Kier alpha value is -2.98. The highest BCUT2D eigenvalue weighted by atomic mass is 31.2. The zero-order chi connectivity index (χ0) is 67.0. The molecule has 0 bridgehead atoms. The summed E-state index contributed by atoms with van der Waals surface area (Å²) in [6.45, 7) is 7.06. The van der Waals surface area contributed by atoms with Crippen LogP contribution in [-0.2, 0) is 65.4 Å². The van der Waals surface area contributed by atoms with Gasteiger partial charge in [-0.2, -0.15) is 0 Å². The van der Waals surface area contributed by atoms with Gasteiger partial charge in [-0.1, -0.05) is 269 Å². The minimum absolute atomic E-state index is 0.0781. The van der Waals surface area contributed by atoms with Gasteiger partial charge in [-0.25, -0.2) is 9.13 Å². The first-order valence-corrected chi connectivity index (χ1v) is 39.3. The molecule has 0 heterocycles. The van der Waals surface area contributed by atoms with E-state index in [2.05, 4.69) is 83.2 Å². The quantitative estimate of drug-likeness (QED) is 0.0169. The van der Waals surface area contributed by atoms with Crippen molar-refractivity contribution in [1.82, 2.24) is 0 Å². The van der Waals surface area contributed by atoms with Crippen molar-refractivity contribution in [2.24, 2.45) is 5.92 Å². The monoisotopic (exact) mass is 1330 g/mol. The molecule has 0 radical (unpaired) electrons. The third-order valence-electron chi connectivity index (χ3n) is 15.5. The molecular formula is C72H132O17P2. The molecule has 19 heteroatoms. The molecule has 0 fully saturated rings. The maximum Gasteiger partial charge on any atom is 0.472 e. The van der Waals surface area contributed by atoms with Gasteiger partial charge < -0.3 is 33.8 Å². The second-order valence-corrected chi connectivity index (χ2v) is 28.0. The summed E-state index contributed by atoms with van der Waals surface area (Å²) < 4.78 is 68.2. The molecular weight excluding hydrogens is 1200 g/mol. The predicted molar refractivity (Wildman–Crippen MR) is 367 cm³/mol. The summed E-state index contributed by atoms with van der Waals surface area (Å²) in [4.78, 5) is 72.5. The minimum atomic E-state index is -4.97. The molecule has 91 heavy (non-hydrogen) atoms. The molecule has 532 valence electrons. The Morgan fingerprint density at radius 3 is 0.901 bits per heavy atom. The van der Waals surface area contributed by atoms with E-state index < -0.39 is 97.5 Å². The van der Waals surface area contributed by atoms with Crippen LogP contribution in [0.5, 0.6) is 0 Å². The highest BCUT2D eigenvalue weighted by Gasteiger charge is 2.30. The van der Waals surface area contributed by atoms with E-state index >= 15 is 0 Å². The first-order chi connectivity index (χ1) is 44.0. The summed E-state index contributed by atoms with van der Waals surface area (Å²) >= 11 is 0. The van der Waals surface area contributed by atoms with Gasteiger partial charge in [0.2, 0.25) is 0 Å².